The molecule has 110 valence electrons. The molecular formula is C15H21NO4. The molecule has 20 heavy (non-hydrogen) atoms. The SMILES string of the molecule is CO[C@@H]1c2ccccc2OC[C@H]1NC(=O)OC(C)(C)C. The average molecular weight is 279 g/mol. The molecule has 1 heterocycles. The second-order valence-electron chi connectivity index (χ2n) is 5.76. The standard InChI is InChI=1S/C15H21NO4/c1-15(2,3)20-14(17)16-11-9-19-12-8-6-5-7-10(12)13(11)18-4/h5-8,11,13H,9H2,1-4H3,(H,16,17)/t11-,13-/m1/s1. The van der Waals surface area contributed by atoms with Crippen molar-refractivity contribution in [3.8, 4) is 5.75 Å². The zero-order valence-corrected chi connectivity index (χ0v) is 12.3. The summed E-state index contributed by atoms with van der Waals surface area (Å²) >= 11 is 0. The van der Waals surface area contributed by atoms with Crippen molar-refractivity contribution in [3.63, 3.8) is 0 Å². The van der Waals surface area contributed by atoms with Gasteiger partial charge in [0.25, 0.3) is 0 Å². The van der Waals surface area contributed by atoms with E-state index in [1.165, 1.54) is 0 Å². The highest BCUT2D eigenvalue weighted by Crippen LogP contribution is 2.33. The summed E-state index contributed by atoms with van der Waals surface area (Å²) in [6.07, 6.45) is -0.708. The van der Waals surface area contributed by atoms with E-state index in [1.54, 1.807) is 7.11 Å². The number of hydrogen-bond donors (Lipinski definition) is 1. The van der Waals surface area contributed by atoms with Crippen molar-refractivity contribution < 1.29 is 19.0 Å². The highest BCUT2D eigenvalue weighted by atomic mass is 16.6. The number of hydrogen-bond acceptors (Lipinski definition) is 4. The van der Waals surface area contributed by atoms with E-state index in [1.807, 2.05) is 45.0 Å². The molecule has 1 aromatic rings. The van der Waals surface area contributed by atoms with Gasteiger partial charge in [0, 0.05) is 12.7 Å². The van der Waals surface area contributed by atoms with Crippen molar-refractivity contribution in [3.05, 3.63) is 29.8 Å². The van der Waals surface area contributed by atoms with E-state index in [4.69, 9.17) is 14.2 Å². The smallest absolute Gasteiger partial charge is 0.408 e. The van der Waals surface area contributed by atoms with Gasteiger partial charge in [-0.15, -0.1) is 0 Å². The van der Waals surface area contributed by atoms with Crippen LogP contribution in [0.2, 0.25) is 0 Å². The van der Waals surface area contributed by atoms with Gasteiger partial charge in [0.2, 0.25) is 0 Å². The van der Waals surface area contributed by atoms with Crippen LogP contribution in [0.3, 0.4) is 0 Å². The molecule has 0 fully saturated rings. The van der Waals surface area contributed by atoms with Gasteiger partial charge in [0.05, 0.1) is 6.04 Å². The van der Waals surface area contributed by atoms with Gasteiger partial charge in [-0.1, -0.05) is 18.2 Å². The lowest BCUT2D eigenvalue weighted by Crippen LogP contribution is -2.47. The Morgan fingerprint density at radius 2 is 2.05 bits per heavy atom. The van der Waals surface area contributed by atoms with Crippen LogP contribution in [0.5, 0.6) is 5.75 Å². The van der Waals surface area contributed by atoms with Gasteiger partial charge in [-0.3, -0.25) is 0 Å². The van der Waals surface area contributed by atoms with Crippen molar-refractivity contribution in [1.82, 2.24) is 5.32 Å². The number of fused-ring (bicyclic) bond motifs is 1. The fourth-order valence-corrected chi connectivity index (χ4v) is 2.20. The summed E-state index contributed by atoms with van der Waals surface area (Å²) in [5.74, 6) is 0.793. The van der Waals surface area contributed by atoms with E-state index in [9.17, 15) is 4.79 Å². The summed E-state index contributed by atoms with van der Waals surface area (Å²) in [5.41, 5.74) is 0.405. The van der Waals surface area contributed by atoms with Crippen molar-refractivity contribution in [2.24, 2.45) is 0 Å². The maximum absolute atomic E-state index is 11.9. The second-order valence-corrected chi connectivity index (χ2v) is 5.76. The summed E-state index contributed by atoms with van der Waals surface area (Å²) in [6, 6.07) is 7.39. The fourth-order valence-electron chi connectivity index (χ4n) is 2.20. The van der Waals surface area contributed by atoms with Crippen LogP contribution >= 0.6 is 0 Å². The lowest BCUT2D eigenvalue weighted by Gasteiger charge is -2.33. The minimum absolute atomic E-state index is 0.243. The molecule has 1 aliphatic rings. The minimum Gasteiger partial charge on any atom is -0.491 e. The molecule has 5 heteroatoms. The number of nitrogens with one attached hydrogen (secondary N) is 1. The van der Waals surface area contributed by atoms with Gasteiger partial charge in [0.15, 0.2) is 0 Å². The van der Waals surface area contributed by atoms with Crippen LogP contribution in [0.4, 0.5) is 4.79 Å². The number of alkyl carbamates (subject to hydrolysis) is 1. The molecule has 0 spiro atoms. The Kier molecular flexibility index (Phi) is 4.18. The zero-order chi connectivity index (χ0) is 14.8. The zero-order valence-electron chi connectivity index (χ0n) is 12.3. The molecular weight excluding hydrogens is 258 g/mol. The van der Waals surface area contributed by atoms with Gasteiger partial charge >= 0.3 is 6.09 Å². The summed E-state index contributed by atoms with van der Waals surface area (Å²) in [7, 11) is 1.62. The summed E-state index contributed by atoms with van der Waals surface area (Å²) in [6.45, 7) is 5.84. The number of ether oxygens (including phenoxy) is 3. The fraction of sp³-hybridized carbons (Fsp3) is 0.533. The summed E-state index contributed by atoms with van der Waals surface area (Å²) in [5, 5.41) is 2.81. The Labute approximate surface area is 119 Å². The first-order chi connectivity index (χ1) is 9.40. The molecule has 0 unspecified atom stereocenters. The van der Waals surface area contributed by atoms with E-state index in [2.05, 4.69) is 5.32 Å². The first kappa shape index (κ1) is 14.7. The predicted molar refractivity (Wildman–Crippen MR) is 74.8 cm³/mol. The normalized spacial score (nSPS) is 21.6. The summed E-state index contributed by atoms with van der Waals surface area (Å²) < 4.78 is 16.4. The van der Waals surface area contributed by atoms with Crippen molar-refractivity contribution in [1.29, 1.82) is 0 Å². The first-order valence-electron chi connectivity index (χ1n) is 6.65. The average Bonchev–Trinajstić information content (AvgIpc) is 2.36. The molecule has 1 aliphatic heterocycles. The molecule has 0 bridgehead atoms. The third-order valence-electron chi connectivity index (χ3n) is 2.97. The molecule has 2 rings (SSSR count). The maximum Gasteiger partial charge on any atom is 0.408 e. The molecule has 0 saturated heterocycles. The first-order valence-corrected chi connectivity index (χ1v) is 6.65. The highest BCUT2D eigenvalue weighted by molar-refractivity contribution is 5.68. The van der Waals surface area contributed by atoms with E-state index in [0.29, 0.717) is 6.61 Å². The molecule has 0 radical (unpaired) electrons. The number of carbonyl (C=O) groups is 1. The van der Waals surface area contributed by atoms with E-state index in [-0.39, 0.29) is 12.1 Å². The van der Waals surface area contributed by atoms with Crippen LogP contribution in [-0.2, 0) is 9.47 Å². The molecule has 0 aromatic heterocycles. The predicted octanol–water partition coefficient (Wildman–Crippen LogP) is 2.66. The van der Waals surface area contributed by atoms with Crippen molar-refractivity contribution in [2.45, 2.75) is 38.5 Å². The topological polar surface area (TPSA) is 56.8 Å². The Bertz CT molecular complexity index is 481. The lowest BCUT2D eigenvalue weighted by molar-refractivity contribution is 0.0143. The number of methoxy groups -OCH3 is 1. The Morgan fingerprint density at radius 3 is 2.70 bits per heavy atom. The van der Waals surface area contributed by atoms with Gasteiger partial charge in [0.1, 0.15) is 24.1 Å². The second kappa shape index (κ2) is 5.71. The van der Waals surface area contributed by atoms with Gasteiger partial charge in [-0.2, -0.15) is 0 Å². The number of carbonyl (C=O) groups excluding carboxylic acids is 1. The van der Waals surface area contributed by atoms with Crippen LogP contribution in [0.1, 0.15) is 32.4 Å². The number of rotatable bonds is 2. The van der Waals surface area contributed by atoms with Crippen LogP contribution in [0, 0.1) is 0 Å². The molecule has 5 nitrogen and oxygen atoms in total. The molecule has 1 aromatic carbocycles. The Hall–Kier alpha value is -1.75. The Balaban J connectivity index is 2.08. The molecule has 0 saturated carbocycles. The van der Waals surface area contributed by atoms with Crippen molar-refractivity contribution in [2.75, 3.05) is 13.7 Å². The summed E-state index contributed by atoms with van der Waals surface area (Å²) in [4.78, 5) is 11.9. The molecule has 1 amide bonds. The monoisotopic (exact) mass is 279 g/mol. The Morgan fingerprint density at radius 1 is 1.35 bits per heavy atom. The number of amides is 1. The molecule has 1 N–H and O–H groups in total. The van der Waals surface area contributed by atoms with E-state index in [0.717, 1.165) is 11.3 Å². The maximum atomic E-state index is 11.9. The van der Waals surface area contributed by atoms with Gasteiger partial charge in [-0.25, -0.2) is 4.79 Å². The lowest BCUT2D eigenvalue weighted by atomic mass is 9.99. The third kappa shape index (κ3) is 3.42. The van der Waals surface area contributed by atoms with Gasteiger partial charge in [-0.05, 0) is 26.8 Å². The minimum atomic E-state index is -0.528. The number of benzene rings is 1. The van der Waals surface area contributed by atoms with Crippen LogP contribution < -0.4 is 10.1 Å². The van der Waals surface area contributed by atoms with Crippen LogP contribution in [0.25, 0.3) is 0 Å². The van der Waals surface area contributed by atoms with E-state index >= 15 is 0 Å². The molecule has 0 aliphatic carbocycles. The van der Waals surface area contributed by atoms with Crippen molar-refractivity contribution >= 4 is 6.09 Å². The van der Waals surface area contributed by atoms with Gasteiger partial charge < -0.3 is 19.5 Å². The van der Waals surface area contributed by atoms with Crippen LogP contribution in [-0.4, -0.2) is 31.5 Å². The largest absolute Gasteiger partial charge is 0.491 e. The number of para-hydroxylation sites is 1. The highest BCUT2D eigenvalue weighted by Gasteiger charge is 2.33. The quantitative estimate of drug-likeness (QED) is 0.904. The molecule has 2 atom stereocenters. The third-order valence-corrected chi connectivity index (χ3v) is 2.97. The van der Waals surface area contributed by atoms with Crippen LogP contribution in [0.15, 0.2) is 24.3 Å². The van der Waals surface area contributed by atoms with E-state index < -0.39 is 11.7 Å².